The van der Waals surface area contributed by atoms with Gasteiger partial charge in [0, 0.05) is 5.02 Å². The molecule has 0 spiro atoms. The van der Waals surface area contributed by atoms with Crippen molar-refractivity contribution in [3.8, 4) is 0 Å². The zero-order chi connectivity index (χ0) is 13.7. The maximum Gasteiger partial charge on any atom is 0.147 e. The summed E-state index contributed by atoms with van der Waals surface area (Å²) in [5, 5.41) is 14.6. The molecule has 2 aromatic rings. The lowest BCUT2D eigenvalue weighted by atomic mass is 10.2. The largest absolute Gasteiger partial charge is 0.389 e. The molecular weight excluding hydrogens is 266 g/mol. The summed E-state index contributed by atoms with van der Waals surface area (Å²) in [5.41, 5.74) is 0.910. The third kappa shape index (κ3) is 4.31. The van der Waals surface area contributed by atoms with Gasteiger partial charge in [-0.1, -0.05) is 29.8 Å². The molecule has 0 aliphatic heterocycles. The van der Waals surface area contributed by atoms with Crippen LogP contribution in [0.25, 0.3) is 0 Å². The maximum atomic E-state index is 9.81. The zero-order valence-electron chi connectivity index (χ0n) is 10.7. The Morgan fingerprint density at radius 2 is 2.21 bits per heavy atom. The van der Waals surface area contributed by atoms with E-state index in [0.717, 1.165) is 5.56 Å². The van der Waals surface area contributed by atoms with Crippen molar-refractivity contribution in [3.63, 3.8) is 0 Å². The quantitative estimate of drug-likeness (QED) is 0.877. The average molecular weight is 282 g/mol. The lowest BCUT2D eigenvalue weighted by molar-refractivity contribution is 0.0186. The van der Waals surface area contributed by atoms with E-state index >= 15 is 0 Å². The molecule has 0 aliphatic carbocycles. The van der Waals surface area contributed by atoms with Crippen LogP contribution in [-0.4, -0.2) is 32.6 Å². The van der Waals surface area contributed by atoms with E-state index in [9.17, 15) is 5.11 Å². The molecule has 0 aliphatic rings. The molecule has 0 radical (unpaired) electrons. The molecule has 0 fully saturated rings. The Balaban J connectivity index is 1.75. The van der Waals surface area contributed by atoms with Gasteiger partial charge < -0.3 is 9.84 Å². The summed E-state index contributed by atoms with van der Waals surface area (Å²) >= 11 is 6.01. The molecule has 19 heavy (non-hydrogen) atoms. The van der Waals surface area contributed by atoms with Gasteiger partial charge in [0.05, 0.1) is 25.9 Å². The fraction of sp³-hybridized carbons (Fsp3) is 0.385. The minimum absolute atomic E-state index is 0.226. The highest BCUT2D eigenvalue weighted by atomic mass is 35.5. The van der Waals surface area contributed by atoms with Crippen LogP contribution in [0.5, 0.6) is 0 Å². The Hall–Kier alpha value is -1.43. The second-order valence-electron chi connectivity index (χ2n) is 4.27. The summed E-state index contributed by atoms with van der Waals surface area (Å²) < 4.78 is 7.04. The summed E-state index contributed by atoms with van der Waals surface area (Å²) in [7, 11) is 0. The summed E-state index contributed by atoms with van der Waals surface area (Å²) in [6.45, 7) is 2.78. The normalized spacial score (nSPS) is 12.6. The molecule has 0 amide bonds. The van der Waals surface area contributed by atoms with Gasteiger partial charge in [0.2, 0.25) is 0 Å². The van der Waals surface area contributed by atoms with E-state index in [4.69, 9.17) is 16.3 Å². The smallest absolute Gasteiger partial charge is 0.147 e. The summed E-state index contributed by atoms with van der Waals surface area (Å²) in [6.07, 6.45) is 0.968. The molecule has 6 heteroatoms. The SMILES string of the molecule is Cc1ncn(CC(O)COCc2ccccc2Cl)n1. The monoisotopic (exact) mass is 281 g/mol. The van der Waals surface area contributed by atoms with Crippen LogP contribution < -0.4 is 0 Å². The molecule has 1 unspecified atom stereocenters. The number of rotatable bonds is 6. The maximum absolute atomic E-state index is 9.81. The minimum Gasteiger partial charge on any atom is -0.389 e. The van der Waals surface area contributed by atoms with Crippen LogP contribution in [0.1, 0.15) is 11.4 Å². The highest BCUT2D eigenvalue weighted by Crippen LogP contribution is 2.15. The van der Waals surface area contributed by atoms with Gasteiger partial charge in [-0.3, -0.25) is 4.68 Å². The predicted octanol–water partition coefficient (Wildman–Crippen LogP) is 1.82. The molecule has 1 aromatic heterocycles. The number of aryl methyl sites for hydroxylation is 1. The summed E-state index contributed by atoms with van der Waals surface area (Å²) in [4.78, 5) is 3.99. The van der Waals surface area contributed by atoms with Gasteiger partial charge in [0.15, 0.2) is 0 Å². The first-order valence-electron chi connectivity index (χ1n) is 6.00. The van der Waals surface area contributed by atoms with E-state index in [0.29, 0.717) is 24.0 Å². The number of nitrogens with zero attached hydrogens (tertiary/aromatic N) is 3. The number of benzene rings is 1. The van der Waals surface area contributed by atoms with Crippen molar-refractivity contribution in [1.29, 1.82) is 0 Å². The summed E-state index contributed by atoms with van der Waals surface area (Å²) in [5.74, 6) is 0.684. The Morgan fingerprint density at radius 3 is 2.89 bits per heavy atom. The van der Waals surface area contributed by atoms with Crippen molar-refractivity contribution in [2.24, 2.45) is 0 Å². The highest BCUT2D eigenvalue weighted by molar-refractivity contribution is 6.31. The van der Waals surface area contributed by atoms with E-state index in [1.807, 2.05) is 24.3 Å². The fourth-order valence-electron chi connectivity index (χ4n) is 1.66. The van der Waals surface area contributed by atoms with Crippen LogP contribution in [-0.2, 0) is 17.9 Å². The standard InChI is InChI=1S/C13H16ClN3O2/c1-10-15-9-17(16-10)6-12(18)8-19-7-11-4-2-3-5-13(11)14/h2-5,9,12,18H,6-8H2,1H3. The number of aliphatic hydroxyl groups is 1. The first-order chi connectivity index (χ1) is 9.15. The molecule has 0 saturated heterocycles. The lowest BCUT2D eigenvalue weighted by Gasteiger charge is -2.11. The van der Waals surface area contributed by atoms with Crippen LogP contribution in [0.4, 0.5) is 0 Å². The third-order valence-electron chi connectivity index (χ3n) is 2.57. The van der Waals surface area contributed by atoms with Crippen molar-refractivity contribution in [1.82, 2.24) is 14.8 Å². The second kappa shape index (κ2) is 6.65. The molecule has 0 saturated carbocycles. The number of aromatic nitrogens is 3. The molecule has 1 atom stereocenters. The minimum atomic E-state index is -0.622. The molecule has 5 nitrogen and oxygen atoms in total. The number of halogens is 1. The van der Waals surface area contributed by atoms with E-state index in [2.05, 4.69) is 10.1 Å². The second-order valence-corrected chi connectivity index (χ2v) is 4.68. The lowest BCUT2D eigenvalue weighted by Crippen LogP contribution is -2.22. The van der Waals surface area contributed by atoms with Crippen LogP contribution in [0.2, 0.25) is 5.02 Å². The van der Waals surface area contributed by atoms with Crippen molar-refractivity contribution >= 4 is 11.6 Å². The van der Waals surface area contributed by atoms with Crippen LogP contribution >= 0.6 is 11.6 Å². The van der Waals surface area contributed by atoms with E-state index in [1.54, 1.807) is 17.9 Å². The molecule has 1 N–H and O–H groups in total. The fourth-order valence-corrected chi connectivity index (χ4v) is 1.85. The molecule has 2 rings (SSSR count). The topological polar surface area (TPSA) is 60.2 Å². The highest BCUT2D eigenvalue weighted by Gasteiger charge is 2.07. The van der Waals surface area contributed by atoms with Crippen molar-refractivity contribution in [2.75, 3.05) is 6.61 Å². The van der Waals surface area contributed by atoms with Gasteiger partial charge in [-0.2, -0.15) is 5.10 Å². The molecular formula is C13H16ClN3O2. The van der Waals surface area contributed by atoms with E-state index in [-0.39, 0.29) is 6.61 Å². The number of ether oxygens (including phenoxy) is 1. The van der Waals surface area contributed by atoms with E-state index < -0.39 is 6.10 Å². The van der Waals surface area contributed by atoms with Crippen LogP contribution in [0, 0.1) is 6.92 Å². The molecule has 102 valence electrons. The predicted molar refractivity (Wildman–Crippen MR) is 71.9 cm³/mol. The van der Waals surface area contributed by atoms with Crippen LogP contribution in [0.3, 0.4) is 0 Å². The van der Waals surface area contributed by atoms with Gasteiger partial charge in [-0.15, -0.1) is 0 Å². The average Bonchev–Trinajstić information content (AvgIpc) is 2.77. The Labute approximate surface area is 116 Å². The van der Waals surface area contributed by atoms with Crippen molar-refractivity contribution < 1.29 is 9.84 Å². The van der Waals surface area contributed by atoms with Crippen molar-refractivity contribution in [2.45, 2.75) is 26.2 Å². The molecule has 0 bridgehead atoms. The number of hydrogen-bond donors (Lipinski definition) is 1. The van der Waals surface area contributed by atoms with Gasteiger partial charge in [0.25, 0.3) is 0 Å². The van der Waals surface area contributed by atoms with Crippen molar-refractivity contribution in [3.05, 3.63) is 47.0 Å². The Morgan fingerprint density at radius 1 is 1.42 bits per heavy atom. The first kappa shape index (κ1) is 14.0. The number of hydrogen-bond acceptors (Lipinski definition) is 4. The first-order valence-corrected chi connectivity index (χ1v) is 6.38. The third-order valence-corrected chi connectivity index (χ3v) is 2.94. The van der Waals surface area contributed by atoms with E-state index in [1.165, 1.54) is 0 Å². The van der Waals surface area contributed by atoms with Gasteiger partial charge >= 0.3 is 0 Å². The number of aliphatic hydroxyl groups excluding tert-OH is 1. The molecule has 1 aromatic carbocycles. The Kier molecular flexibility index (Phi) is 4.90. The molecule has 1 heterocycles. The van der Waals surface area contributed by atoms with Gasteiger partial charge in [-0.25, -0.2) is 4.98 Å². The summed E-state index contributed by atoms with van der Waals surface area (Å²) in [6, 6.07) is 7.48. The van der Waals surface area contributed by atoms with Gasteiger partial charge in [0.1, 0.15) is 12.2 Å². The zero-order valence-corrected chi connectivity index (χ0v) is 11.4. The van der Waals surface area contributed by atoms with Crippen LogP contribution in [0.15, 0.2) is 30.6 Å². The van der Waals surface area contributed by atoms with Gasteiger partial charge in [-0.05, 0) is 18.6 Å². The Bertz CT molecular complexity index is 530.